The van der Waals surface area contributed by atoms with E-state index in [9.17, 15) is 13.9 Å². The number of ether oxygens (including phenoxy) is 1. The zero-order chi connectivity index (χ0) is 17.5. The molecule has 1 aromatic rings. The van der Waals surface area contributed by atoms with Crippen LogP contribution in [0.3, 0.4) is 0 Å². The molecule has 1 N–H and O–H groups in total. The number of rotatable bonds is 8. The molecule has 0 aliphatic carbocycles. The Hall–Kier alpha value is -1.24. The summed E-state index contributed by atoms with van der Waals surface area (Å²) in [6.45, 7) is 6.57. The van der Waals surface area contributed by atoms with Crippen LogP contribution in [0, 0.1) is 5.92 Å². The van der Waals surface area contributed by atoms with Crippen molar-refractivity contribution in [3.05, 3.63) is 29.8 Å². The van der Waals surface area contributed by atoms with Crippen molar-refractivity contribution in [2.24, 2.45) is 5.92 Å². The maximum absolute atomic E-state index is 12.2. The van der Waals surface area contributed by atoms with Crippen molar-refractivity contribution in [2.75, 3.05) is 32.8 Å². The zero-order valence-electron chi connectivity index (χ0n) is 14.5. The number of benzene rings is 1. The van der Waals surface area contributed by atoms with Crippen molar-refractivity contribution in [1.82, 2.24) is 9.80 Å². The molecule has 1 aromatic carbocycles. The monoisotopic (exact) mass is 342 g/mol. The molecule has 1 atom stereocenters. The topological polar surface area (TPSA) is 35.9 Å². The molecule has 1 aliphatic rings. The number of hydrogen-bond donors (Lipinski definition) is 1. The van der Waals surface area contributed by atoms with E-state index in [2.05, 4.69) is 28.4 Å². The van der Waals surface area contributed by atoms with E-state index in [4.69, 9.17) is 0 Å². The van der Waals surface area contributed by atoms with Gasteiger partial charge in [-0.15, -0.1) is 0 Å². The summed E-state index contributed by atoms with van der Waals surface area (Å²) in [5.41, 5.74) is 1.08. The van der Waals surface area contributed by atoms with Gasteiger partial charge >= 0.3 is 6.61 Å². The second-order valence-electron chi connectivity index (χ2n) is 6.81. The molecule has 6 heteroatoms. The molecule has 0 spiro atoms. The van der Waals surface area contributed by atoms with Gasteiger partial charge in [0.1, 0.15) is 5.75 Å². The molecular formula is C18H28F2N2O2. The van der Waals surface area contributed by atoms with E-state index in [0.29, 0.717) is 12.0 Å². The lowest BCUT2D eigenvalue weighted by atomic mass is 10.1. The molecule has 0 aromatic heterocycles. The van der Waals surface area contributed by atoms with Crippen molar-refractivity contribution in [1.29, 1.82) is 0 Å². The average Bonchev–Trinajstić information content (AvgIpc) is 2.51. The van der Waals surface area contributed by atoms with Crippen LogP contribution in [0.25, 0.3) is 0 Å². The highest BCUT2D eigenvalue weighted by molar-refractivity contribution is 5.27. The SMILES string of the molecule is CC(C)CN1CCN(Cc2ccc(OC(F)F)cc2)CC1CCO. The summed E-state index contributed by atoms with van der Waals surface area (Å²) >= 11 is 0. The minimum Gasteiger partial charge on any atom is -0.435 e. The van der Waals surface area contributed by atoms with Gasteiger partial charge < -0.3 is 9.84 Å². The van der Waals surface area contributed by atoms with Crippen LogP contribution in [0.15, 0.2) is 24.3 Å². The fourth-order valence-electron chi connectivity index (χ4n) is 3.27. The number of halogens is 2. The van der Waals surface area contributed by atoms with Gasteiger partial charge in [0.2, 0.25) is 0 Å². The molecule has 0 saturated carbocycles. The maximum Gasteiger partial charge on any atom is 0.387 e. The van der Waals surface area contributed by atoms with Crippen LogP contribution in [0.5, 0.6) is 5.75 Å². The van der Waals surface area contributed by atoms with Crippen LogP contribution in [0.1, 0.15) is 25.8 Å². The van der Waals surface area contributed by atoms with Gasteiger partial charge in [-0.25, -0.2) is 0 Å². The van der Waals surface area contributed by atoms with Crippen molar-refractivity contribution in [2.45, 2.75) is 39.5 Å². The van der Waals surface area contributed by atoms with Crippen LogP contribution in [-0.4, -0.2) is 60.3 Å². The van der Waals surface area contributed by atoms with Gasteiger partial charge in [-0.1, -0.05) is 26.0 Å². The van der Waals surface area contributed by atoms with Gasteiger partial charge in [0.25, 0.3) is 0 Å². The summed E-state index contributed by atoms with van der Waals surface area (Å²) in [7, 11) is 0. The van der Waals surface area contributed by atoms with Crippen LogP contribution in [-0.2, 0) is 6.54 Å². The van der Waals surface area contributed by atoms with E-state index in [1.165, 1.54) is 0 Å². The van der Waals surface area contributed by atoms with Crippen molar-refractivity contribution >= 4 is 0 Å². The van der Waals surface area contributed by atoms with Gasteiger partial charge in [-0.3, -0.25) is 9.80 Å². The molecule has 1 unspecified atom stereocenters. The molecule has 0 amide bonds. The summed E-state index contributed by atoms with van der Waals surface area (Å²) in [6.07, 6.45) is 0.782. The molecule has 0 radical (unpaired) electrons. The first-order chi connectivity index (χ1) is 11.5. The second-order valence-corrected chi connectivity index (χ2v) is 6.81. The molecular weight excluding hydrogens is 314 g/mol. The van der Waals surface area contributed by atoms with E-state index in [1.807, 2.05) is 12.1 Å². The van der Waals surface area contributed by atoms with Gasteiger partial charge in [0.05, 0.1) is 0 Å². The number of aliphatic hydroxyl groups is 1. The van der Waals surface area contributed by atoms with Gasteiger partial charge in [-0.2, -0.15) is 8.78 Å². The van der Waals surface area contributed by atoms with Crippen molar-refractivity contribution in [3.63, 3.8) is 0 Å². The summed E-state index contributed by atoms with van der Waals surface area (Å²) < 4.78 is 28.7. The Morgan fingerprint density at radius 1 is 1.21 bits per heavy atom. The number of alkyl halides is 2. The molecule has 1 saturated heterocycles. The van der Waals surface area contributed by atoms with Crippen LogP contribution in [0.2, 0.25) is 0 Å². The number of nitrogens with zero attached hydrogens (tertiary/aromatic N) is 2. The summed E-state index contributed by atoms with van der Waals surface area (Å²) in [5.74, 6) is 0.800. The first-order valence-electron chi connectivity index (χ1n) is 8.59. The Kier molecular flexibility index (Phi) is 7.40. The Balaban J connectivity index is 1.91. The summed E-state index contributed by atoms with van der Waals surface area (Å²) in [4.78, 5) is 4.83. The molecule has 2 rings (SSSR count). The van der Waals surface area contributed by atoms with E-state index in [1.54, 1.807) is 12.1 Å². The average molecular weight is 342 g/mol. The molecule has 1 fully saturated rings. The lowest BCUT2D eigenvalue weighted by molar-refractivity contribution is -0.0498. The quantitative estimate of drug-likeness (QED) is 0.788. The highest BCUT2D eigenvalue weighted by atomic mass is 19.3. The predicted molar refractivity (Wildman–Crippen MR) is 90.3 cm³/mol. The number of hydrogen-bond acceptors (Lipinski definition) is 4. The Morgan fingerprint density at radius 2 is 1.92 bits per heavy atom. The van der Waals surface area contributed by atoms with Crippen LogP contribution < -0.4 is 4.74 Å². The van der Waals surface area contributed by atoms with Crippen LogP contribution in [0.4, 0.5) is 8.78 Å². The van der Waals surface area contributed by atoms with E-state index in [-0.39, 0.29) is 12.4 Å². The standard InChI is InChI=1S/C18H28F2N2O2/c1-14(2)11-22-9-8-21(13-16(22)7-10-23)12-15-3-5-17(6-4-15)24-18(19)20/h3-6,14,16,18,23H,7-13H2,1-2H3. The molecule has 136 valence electrons. The Morgan fingerprint density at radius 3 is 2.50 bits per heavy atom. The largest absolute Gasteiger partial charge is 0.435 e. The highest BCUT2D eigenvalue weighted by Crippen LogP contribution is 2.19. The van der Waals surface area contributed by atoms with Crippen molar-refractivity contribution < 1.29 is 18.6 Å². The third kappa shape index (κ3) is 6.00. The predicted octanol–water partition coefficient (Wildman–Crippen LogP) is 2.81. The molecule has 1 heterocycles. The maximum atomic E-state index is 12.2. The van der Waals surface area contributed by atoms with E-state index >= 15 is 0 Å². The Labute approximate surface area is 143 Å². The van der Waals surface area contributed by atoms with Gasteiger partial charge in [0.15, 0.2) is 0 Å². The van der Waals surface area contributed by atoms with E-state index < -0.39 is 6.61 Å². The minimum atomic E-state index is -2.79. The fourth-order valence-corrected chi connectivity index (χ4v) is 3.27. The molecule has 0 bridgehead atoms. The normalized spacial score (nSPS) is 20.0. The molecule has 1 aliphatic heterocycles. The first-order valence-corrected chi connectivity index (χ1v) is 8.59. The number of aliphatic hydroxyl groups excluding tert-OH is 1. The summed E-state index contributed by atoms with van der Waals surface area (Å²) in [6, 6.07) is 7.20. The second kappa shape index (κ2) is 9.30. The Bertz CT molecular complexity index is 482. The van der Waals surface area contributed by atoms with Gasteiger partial charge in [-0.05, 0) is 30.0 Å². The third-order valence-electron chi connectivity index (χ3n) is 4.31. The summed E-state index contributed by atoms with van der Waals surface area (Å²) in [5, 5.41) is 9.33. The lowest BCUT2D eigenvalue weighted by Gasteiger charge is -2.42. The fraction of sp³-hybridized carbons (Fsp3) is 0.667. The molecule has 4 nitrogen and oxygen atoms in total. The third-order valence-corrected chi connectivity index (χ3v) is 4.31. The highest BCUT2D eigenvalue weighted by Gasteiger charge is 2.26. The first kappa shape index (κ1) is 19.1. The minimum absolute atomic E-state index is 0.189. The van der Waals surface area contributed by atoms with Gasteiger partial charge in [0, 0.05) is 45.4 Å². The zero-order valence-corrected chi connectivity index (χ0v) is 14.5. The molecule has 24 heavy (non-hydrogen) atoms. The van der Waals surface area contributed by atoms with Crippen molar-refractivity contribution in [3.8, 4) is 5.75 Å². The van der Waals surface area contributed by atoms with E-state index in [0.717, 1.165) is 44.7 Å². The smallest absolute Gasteiger partial charge is 0.387 e. The number of piperazine rings is 1. The van der Waals surface area contributed by atoms with Crippen LogP contribution >= 0.6 is 0 Å². The lowest BCUT2D eigenvalue weighted by Crippen LogP contribution is -2.53.